The number of hydrogen-bond acceptors (Lipinski definition) is 5. The fourth-order valence-corrected chi connectivity index (χ4v) is 3.30. The molecular weight excluding hydrogens is 346 g/mol. The van der Waals surface area contributed by atoms with Crippen molar-refractivity contribution in [1.82, 2.24) is 34.9 Å². The molecule has 2 aromatic rings. The normalized spacial score (nSPS) is 19.4. The van der Waals surface area contributed by atoms with Crippen molar-refractivity contribution in [2.24, 2.45) is 11.8 Å². The third kappa shape index (κ3) is 4.07. The highest BCUT2D eigenvalue weighted by atomic mass is 16.2. The highest BCUT2D eigenvalue weighted by Gasteiger charge is 2.38. The molecule has 9 nitrogen and oxygen atoms in total. The zero-order valence-corrected chi connectivity index (χ0v) is 16.0. The highest BCUT2D eigenvalue weighted by molar-refractivity contribution is 5.94. The van der Waals surface area contributed by atoms with Crippen molar-refractivity contribution in [1.29, 1.82) is 0 Å². The first kappa shape index (κ1) is 18.8. The van der Waals surface area contributed by atoms with E-state index >= 15 is 0 Å². The van der Waals surface area contributed by atoms with Crippen molar-refractivity contribution in [3.63, 3.8) is 0 Å². The minimum Gasteiger partial charge on any atom is -0.336 e. The summed E-state index contributed by atoms with van der Waals surface area (Å²) >= 11 is 0. The van der Waals surface area contributed by atoms with E-state index in [1.165, 1.54) is 17.6 Å². The van der Waals surface area contributed by atoms with Crippen LogP contribution in [-0.4, -0.2) is 74.7 Å². The van der Waals surface area contributed by atoms with E-state index in [0.717, 1.165) is 0 Å². The Morgan fingerprint density at radius 3 is 2.56 bits per heavy atom. The summed E-state index contributed by atoms with van der Waals surface area (Å²) < 4.78 is 1.65. The van der Waals surface area contributed by atoms with Crippen molar-refractivity contribution in [2.45, 2.75) is 19.9 Å². The van der Waals surface area contributed by atoms with Crippen LogP contribution in [0.25, 0.3) is 5.82 Å². The lowest BCUT2D eigenvalue weighted by Gasteiger charge is -2.24. The molecule has 1 aliphatic rings. The molecule has 9 heteroatoms. The van der Waals surface area contributed by atoms with Gasteiger partial charge in [-0.05, 0) is 18.1 Å². The van der Waals surface area contributed by atoms with Crippen LogP contribution in [0, 0.1) is 11.8 Å². The van der Waals surface area contributed by atoms with Crippen LogP contribution in [0.1, 0.15) is 24.2 Å². The molecule has 1 N–H and O–H groups in total. The lowest BCUT2D eigenvalue weighted by molar-refractivity contribution is 0.0782. The summed E-state index contributed by atoms with van der Waals surface area (Å²) in [6.07, 6.45) is 4.67. The van der Waals surface area contributed by atoms with Crippen molar-refractivity contribution < 1.29 is 9.59 Å². The number of hydrogen-bond donors (Lipinski definition) is 1. The van der Waals surface area contributed by atoms with Crippen molar-refractivity contribution in [2.75, 3.05) is 27.2 Å². The minimum absolute atomic E-state index is 0.0667. The molecule has 0 aliphatic carbocycles. The number of nitrogens with one attached hydrogen (secondary N) is 1. The fourth-order valence-electron chi connectivity index (χ4n) is 3.30. The predicted octanol–water partition coefficient (Wildman–Crippen LogP) is 1.03. The summed E-state index contributed by atoms with van der Waals surface area (Å²) in [4.78, 5) is 32.7. The molecule has 1 fully saturated rings. The van der Waals surface area contributed by atoms with Gasteiger partial charge in [-0.2, -0.15) is 0 Å². The summed E-state index contributed by atoms with van der Waals surface area (Å²) in [7, 11) is 3.42. The molecule has 0 radical (unpaired) electrons. The van der Waals surface area contributed by atoms with Crippen LogP contribution in [0.15, 0.2) is 31.0 Å². The molecule has 0 bridgehead atoms. The molecule has 2 atom stereocenters. The Hall–Kier alpha value is -2.97. The largest absolute Gasteiger partial charge is 0.336 e. The van der Waals surface area contributed by atoms with Gasteiger partial charge in [0, 0.05) is 44.9 Å². The summed E-state index contributed by atoms with van der Waals surface area (Å²) in [5.74, 6) is 1.07. The molecular formula is C18H25N7O2. The van der Waals surface area contributed by atoms with Crippen LogP contribution < -0.4 is 5.32 Å². The van der Waals surface area contributed by atoms with Gasteiger partial charge in [0.15, 0.2) is 0 Å². The first-order valence-corrected chi connectivity index (χ1v) is 8.95. The van der Waals surface area contributed by atoms with E-state index in [2.05, 4.69) is 34.3 Å². The van der Waals surface area contributed by atoms with Crippen LogP contribution in [0.3, 0.4) is 0 Å². The van der Waals surface area contributed by atoms with E-state index in [1.807, 2.05) is 0 Å². The second kappa shape index (κ2) is 7.73. The Balaban J connectivity index is 1.77. The predicted molar refractivity (Wildman–Crippen MR) is 99.4 cm³/mol. The van der Waals surface area contributed by atoms with Gasteiger partial charge in [-0.25, -0.2) is 9.78 Å². The molecule has 0 spiro atoms. The van der Waals surface area contributed by atoms with Gasteiger partial charge in [0.05, 0.1) is 6.04 Å². The number of amides is 3. The number of aromatic nitrogens is 4. The van der Waals surface area contributed by atoms with Gasteiger partial charge in [-0.15, -0.1) is 10.2 Å². The first-order chi connectivity index (χ1) is 12.9. The molecule has 3 heterocycles. The average Bonchev–Trinajstić information content (AvgIpc) is 3.31. The van der Waals surface area contributed by atoms with Gasteiger partial charge in [-0.3, -0.25) is 9.36 Å². The van der Waals surface area contributed by atoms with E-state index < -0.39 is 0 Å². The zero-order chi connectivity index (χ0) is 19.6. The van der Waals surface area contributed by atoms with Crippen molar-refractivity contribution >= 4 is 11.9 Å². The Morgan fingerprint density at radius 1 is 1.22 bits per heavy atom. The van der Waals surface area contributed by atoms with Crippen LogP contribution in [0.2, 0.25) is 0 Å². The molecule has 27 heavy (non-hydrogen) atoms. The maximum Gasteiger partial charge on any atom is 0.317 e. The number of carbonyl (C=O) groups is 2. The SMILES string of the molecule is CC(C)[C@@H]1CN(C(=O)c2ccnc(-n3cnnc3)c2)C[C@H]1NC(=O)N(C)C. The highest BCUT2D eigenvalue weighted by Crippen LogP contribution is 2.26. The standard InChI is InChI=1S/C18H25N7O2/c1-12(2)14-8-24(9-15(14)22-18(27)23(3)4)17(26)13-5-6-19-16(7-13)25-10-20-21-11-25/h5-7,10-12,14-15H,8-9H2,1-4H3,(H,22,27)/t14-,15+/m0/s1. The number of carbonyl (C=O) groups excluding carboxylic acids is 2. The molecule has 1 saturated heterocycles. The second-order valence-electron chi connectivity index (χ2n) is 7.34. The number of rotatable bonds is 4. The van der Waals surface area contributed by atoms with Crippen LogP contribution in [0.5, 0.6) is 0 Å². The number of pyridine rings is 1. The summed E-state index contributed by atoms with van der Waals surface area (Å²) in [5.41, 5.74) is 0.552. The van der Waals surface area contributed by atoms with E-state index in [4.69, 9.17) is 0 Å². The molecule has 144 valence electrons. The quantitative estimate of drug-likeness (QED) is 0.866. The van der Waals surface area contributed by atoms with Gasteiger partial charge in [0.2, 0.25) is 0 Å². The lowest BCUT2D eigenvalue weighted by atomic mass is 9.91. The summed E-state index contributed by atoms with van der Waals surface area (Å²) in [6, 6.07) is 3.22. The van der Waals surface area contributed by atoms with Crippen LogP contribution in [0.4, 0.5) is 4.79 Å². The summed E-state index contributed by atoms with van der Waals surface area (Å²) in [6.45, 7) is 5.33. The van der Waals surface area contributed by atoms with Crippen molar-refractivity contribution in [3.8, 4) is 5.82 Å². The minimum atomic E-state index is -0.140. The Kier molecular flexibility index (Phi) is 5.38. The molecule has 3 rings (SSSR count). The van der Waals surface area contributed by atoms with Crippen LogP contribution >= 0.6 is 0 Å². The van der Waals surface area contributed by atoms with Crippen LogP contribution in [-0.2, 0) is 0 Å². The van der Waals surface area contributed by atoms with Gasteiger partial charge in [-0.1, -0.05) is 13.8 Å². The maximum absolute atomic E-state index is 13.0. The van der Waals surface area contributed by atoms with Gasteiger partial charge >= 0.3 is 6.03 Å². The third-order valence-corrected chi connectivity index (χ3v) is 4.90. The summed E-state index contributed by atoms with van der Waals surface area (Å²) in [5, 5.41) is 10.6. The van der Waals surface area contributed by atoms with Crippen molar-refractivity contribution in [3.05, 3.63) is 36.5 Å². The number of likely N-dealkylation sites (tertiary alicyclic amines) is 1. The topological polar surface area (TPSA) is 96.2 Å². The van der Waals surface area contributed by atoms with Gasteiger partial charge in [0.25, 0.3) is 5.91 Å². The Labute approximate surface area is 158 Å². The van der Waals surface area contributed by atoms with E-state index in [1.54, 1.807) is 41.9 Å². The molecule has 0 saturated carbocycles. The molecule has 0 aromatic carbocycles. The van der Waals surface area contributed by atoms with Gasteiger partial charge < -0.3 is 15.1 Å². The lowest BCUT2D eigenvalue weighted by Crippen LogP contribution is -2.46. The third-order valence-electron chi connectivity index (χ3n) is 4.90. The smallest absolute Gasteiger partial charge is 0.317 e. The monoisotopic (exact) mass is 371 g/mol. The molecule has 3 amide bonds. The number of nitrogens with zero attached hydrogens (tertiary/aromatic N) is 6. The first-order valence-electron chi connectivity index (χ1n) is 8.95. The number of urea groups is 1. The zero-order valence-electron chi connectivity index (χ0n) is 16.0. The second-order valence-corrected chi connectivity index (χ2v) is 7.34. The molecule has 2 aromatic heterocycles. The molecule has 1 aliphatic heterocycles. The Bertz CT molecular complexity index is 804. The molecule has 0 unspecified atom stereocenters. The maximum atomic E-state index is 13.0. The Morgan fingerprint density at radius 2 is 1.93 bits per heavy atom. The van der Waals surface area contributed by atoms with E-state index in [0.29, 0.717) is 30.4 Å². The van der Waals surface area contributed by atoms with Gasteiger partial charge in [0.1, 0.15) is 18.5 Å². The van der Waals surface area contributed by atoms with E-state index in [9.17, 15) is 9.59 Å². The average molecular weight is 371 g/mol. The fraction of sp³-hybridized carbons (Fsp3) is 0.500. The van der Waals surface area contributed by atoms with E-state index in [-0.39, 0.29) is 23.9 Å².